The number of allylic oxidation sites excluding steroid dienone is 4. The lowest BCUT2D eigenvalue weighted by Gasteiger charge is -2.23. The molecule has 2 unspecified atom stereocenters. The first-order chi connectivity index (χ1) is 16.5. The molecular formula is C28H30FN3O2. The number of benzene rings is 1. The van der Waals surface area contributed by atoms with Crippen molar-refractivity contribution in [1.82, 2.24) is 9.88 Å². The number of likely N-dealkylation sites (tertiary alicyclic amines) is 1. The highest BCUT2D eigenvalue weighted by atomic mass is 19.1. The van der Waals surface area contributed by atoms with Gasteiger partial charge in [-0.2, -0.15) is 0 Å². The van der Waals surface area contributed by atoms with Gasteiger partial charge in [0, 0.05) is 36.0 Å². The van der Waals surface area contributed by atoms with Crippen LogP contribution in [0.15, 0.2) is 69.8 Å². The minimum atomic E-state index is -0.346. The average Bonchev–Trinajstić information content (AvgIpc) is 3.24. The molecule has 2 heterocycles. The van der Waals surface area contributed by atoms with E-state index in [0.717, 1.165) is 30.6 Å². The predicted octanol–water partition coefficient (Wildman–Crippen LogP) is 5.42. The van der Waals surface area contributed by atoms with Gasteiger partial charge in [-0.3, -0.25) is 19.7 Å². The fourth-order valence-electron chi connectivity index (χ4n) is 5.03. The third-order valence-corrected chi connectivity index (χ3v) is 7.14. The summed E-state index contributed by atoms with van der Waals surface area (Å²) in [6, 6.07) is 6.14. The quantitative estimate of drug-likeness (QED) is 0.587. The molecule has 5 nitrogen and oxygen atoms in total. The summed E-state index contributed by atoms with van der Waals surface area (Å²) in [5.41, 5.74) is 3.39. The Labute approximate surface area is 198 Å². The van der Waals surface area contributed by atoms with Crippen molar-refractivity contribution in [2.75, 3.05) is 13.1 Å². The summed E-state index contributed by atoms with van der Waals surface area (Å²) in [6.45, 7) is 4.44. The second kappa shape index (κ2) is 9.55. The van der Waals surface area contributed by atoms with Crippen molar-refractivity contribution in [1.29, 1.82) is 0 Å². The summed E-state index contributed by atoms with van der Waals surface area (Å²) in [7, 11) is 0. The molecule has 2 aliphatic carbocycles. The van der Waals surface area contributed by atoms with Gasteiger partial charge in [-0.1, -0.05) is 30.4 Å². The van der Waals surface area contributed by atoms with Gasteiger partial charge < -0.3 is 5.11 Å². The van der Waals surface area contributed by atoms with E-state index in [1.54, 1.807) is 18.4 Å². The largest absolute Gasteiger partial charge is 0.494 e. The molecule has 2 atom stereocenters. The molecule has 0 saturated carbocycles. The highest BCUT2D eigenvalue weighted by molar-refractivity contribution is 6.02. The summed E-state index contributed by atoms with van der Waals surface area (Å²) in [4.78, 5) is 22.2. The molecule has 1 aromatic carbocycles. The van der Waals surface area contributed by atoms with E-state index in [2.05, 4.69) is 35.0 Å². The summed E-state index contributed by atoms with van der Waals surface area (Å²) in [6.07, 6.45) is 15.8. The standard InChI is InChI=1S/C28H30FN3O2/c1-18-3-2-14-32(18)17-19-4-11-23(12-5-19)30-16-26-25-15-21(20-6-9-22(29)10-7-20)8-13-24(25)27(33)31-28(26)34/h4-6,8-9,11,13,15-16,18,23H,2-3,7,10,12,14,17H2,1H3,(H2,31,33,34). The Kier molecular flexibility index (Phi) is 6.33. The number of hydrogen-bond donors (Lipinski definition) is 2. The molecule has 0 bridgehead atoms. The van der Waals surface area contributed by atoms with Gasteiger partial charge in [-0.15, -0.1) is 0 Å². The Balaban J connectivity index is 1.38. The molecule has 1 fully saturated rings. The first-order valence-corrected chi connectivity index (χ1v) is 12.1. The van der Waals surface area contributed by atoms with Crippen LogP contribution in [-0.4, -0.2) is 46.4 Å². The Hall–Kier alpha value is -3.25. The van der Waals surface area contributed by atoms with Gasteiger partial charge in [0.1, 0.15) is 5.83 Å². The van der Waals surface area contributed by atoms with Gasteiger partial charge in [0.2, 0.25) is 5.88 Å². The number of nitrogens with zero attached hydrogens (tertiary/aromatic N) is 2. The summed E-state index contributed by atoms with van der Waals surface area (Å²) >= 11 is 0. The zero-order valence-corrected chi connectivity index (χ0v) is 19.4. The maximum absolute atomic E-state index is 13.4. The van der Waals surface area contributed by atoms with E-state index in [1.807, 2.05) is 12.1 Å². The number of pyridine rings is 1. The number of rotatable bonds is 5. The van der Waals surface area contributed by atoms with Crippen molar-refractivity contribution < 1.29 is 9.50 Å². The second-order valence-corrected chi connectivity index (χ2v) is 9.46. The van der Waals surface area contributed by atoms with Gasteiger partial charge in [-0.05, 0) is 74.1 Å². The van der Waals surface area contributed by atoms with E-state index in [-0.39, 0.29) is 23.3 Å². The molecule has 0 spiro atoms. The number of aromatic nitrogens is 1. The smallest absolute Gasteiger partial charge is 0.258 e. The molecule has 2 aromatic rings. The molecule has 0 amide bonds. The van der Waals surface area contributed by atoms with Gasteiger partial charge in [0.05, 0.1) is 11.6 Å². The first-order valence-electron chi connectivity index (χ1n) is 12.1. The summed E-state index contributed by atoms with van der Waals surface area (Å²) < 4.78 is 13.4. The molecule has 2 N–H and O–H groups in total. The van der Waals surface area contributed by atoms with E-state index < -0.39 is 0 Å². The van der Waals surface area contributed by atoms with Crippen LogP contribution in [0.3, 0.4) is 0 Å². The van der Waals surface area contributed by atoms with E-state index in [9.17, 15) is 14.3 Å². The van der Waals surface area contributed by atoms with Crippen molar-refractivity contribution in [2.24, 2.45) is 4.99 Å². The van der Waals surface area contributed by atoms with Crippen molar-refractivity contribution in [3.8, 4) is 5.88 Å². The van der Waals surface area contributed by atoms with Crippen molar-refractivity contribution in [3.63, 3.8) is 0 Å². The predicted molar refractivity (Wildman–Crippen MR) is 136 cm³/mol. The Morgan fingerprint density at radius 1 is 1.26 bits per heavy atom. The molecule has 34 heavy (non-hydrogen) atoms. The fourth-order valence-corrected chi connectivity index (χ4v) is 5.03. The average molecular weight is 460 g/mol. The number of aromatic amines is 1. The zero-order chi connectivity index (χ0) is 23.7. The molecule has 0 radical (unpaired) electrons. The van der Waals surface area contributed by atoms with Crippen LogP contribution in [0.2, 0.25) is 0 Å². The summed E-state index contributed by atoms with van der Waals surface area (Å²) in [5.74, 6) is -0.319. The Morgan fingerprint density at radius 3 is 2.85 bits per heavy atom. The SMILES string of the molecule is CC1CCCN1CC1=CCC(N=Cc2c(O)[nH]c(=O)c3ccc(C4=CC=C(F)CC4)cc23)C=C1. The van der Waals surface area contributed by atoms with Gasteiger partial charge >= 0.3 is 0 Å². The highest BCUT2D eigenvalue weighted by Gasteiger charge is 2.21. The van der Waals surface area contributed by atoms with E-state index in [1.165, 1.54) is 24.5 Å². The molecule has 6 heteroatoms. The molecule has 1 aromatic heterocycles. The number of fused-ring (bicyclic) bond motifs is 1. The molecule has 1 saturated heterocycles. The lowest BCUT2D eigenvalue weighted by atomic mass is 9.94. The Bertz CT molecular complexity index is 1310. The van der Waals surface area contributed by atoms with Crippen molar-refractivity contribution in [3.05, 3.63) is 81.5 Å². The van der Waals surface area contributed by atoms with E-state index in [0.29, 0.717) is 35.2 Å². The molecule has 176 valence electrons. The normalized spacial score (nSPS) is 23.4. The van der Waals surface area contributed by atoms with Crippen molar-refractivity contribution in [2.45, 2.75) is 51.1 Å². The van der Waals surface area contributed by atoms with Crippen LogP contribution in [0.1, 0.15) is 50.2 Å². The molecule has 3 aliphatic rings. The van der Waals surface area contributed by atoms with E-state index in [4.69, 9.17) is 4.99 Å². The minimum Gasteiger partial charge on any atom is -0.494 e. The monoisotopic (exact) mass is 459 g/mol. The van der Waals surface area contributed by atoms with Crippen molar-refractivity contribution >= 4 is 22.6 Å². The zero-order valence-electron chi connectivity index (χ0n) is 19.4. The maximum atomic E-state index is 13.4. The maximum Gasteiger partial charge on any atom is 0.258 e. The fraction of sp³-hybridized carbons (Fsp3) is 0.357. The molecule has 1 aliphatic heterocycles. The van der Waals surface area contributed by atoms with Gasteiger partial charge in [0.15, 0.2) is 0 Å². The van der Waals surface area contributed by atoms with Crippen LogP contribution in [0.5, 0.6) is 5.88 Å². The van der Waals surface area contributed by atoms with Crippen LogP contribution >= 0.6 is 0 Å². The number of aromatic hydroxyl groups is 1. The number of halogens is 1. The molecule has 5 rings (SSSR count). The third kappa shape index (κ3) is 4.68. The lowest BCUT2D eigenvalue weighted by molar-refractivity contribution is 0.293. The summed E-state index contributed by atoms with van der Waals surface area (Å²) in [5, 5.41) is 11.6. The van der Waals surface area contributed by atoms with Crippen LogP contribution in [0, 0.1) is 0 Å². The van der Waals surface area contributed by atoms with Gasteiger partial charge in [-0.25, -0.2) is 4.39 Å². The molecular weight excluding hydrogens is 429 g/mol. The van der Waals surface area contributed by atoms with Crippen LogP contribution in [-0.2, 0) is 0 Å². The van der Waals surface area contributed by atoms with Crippen LogP contribution in [0.25, 0.3) is 16.3 Å². The number of nitrogens with one attached hydrogen (secondary N) is 1. The lowest BCUT2D eigenvalue weighted by Crippen LogP contribution is -2.29. The van der Waals surface area contributed by atoms with E-state index >= 15 is 0 Å². The first kappa shape index (κ1) is 22.5. The topological polar surface area (TPSA) is 68.7 Å². The minimum absolute atomic E-state index is 0.0153. The van der Waals surface area contributed by atoms with Crippen LogP contribution in [0.4, 0.5) is 4.39 Å². The number of hydrogen-bond acceptors (Lipinski definition) is 4. The van der Waals surface area contributed by atoms with Crippen LogP contribution < -0.4 is 5.56 Å². The Morgan fingerprint density at radius 2 is 2.15 bits per heavy atom. The third-order valence-electron chi connectivity index (χ3n) is 7.14. The number of aliphatic imine (C=N–C) groups is 1. The highest BCUT2D eigenvalue weighted by Crippen LogP contribution is 2.31. The second-order valence-electron chi connectivity index (χ2n) is 9.46. The van der Waals surface area contributed by atoms with Gasteiger partial charge in [0.25, 0.3) is 5.56 Å². The number of H-pyrrole nitrogens is 1.